The summed E-state index contributed by atoms with van der Waals surface area (Å²) in [6.07, 6.45) is 3.50. The topological polar surface area (TPSA) is 69.6 Å². The lowest BCUT2D eigenvalue weighted by atomic mass is 9.77. The SMILES string of the molecule is CC[C@@H](NC(=O)N1CCCC(C(C)(C)C)CC1)C(=O)O. The molecule has 0 aromatic heterocycles. The number of rotatable bonds is 3. The maximum atomic E-state index is 12.1. The Bertz CT molecular complexity index is 350. The summed E-state index contributed by atoms with van der Waals surface area (Å²) in [7, 11) is 0. The summed E-state index contributed by atoms with van der Waals surface area (Å²) in [5.41, 5.74) is 0.263. The van der Waals surface area contributed by atoms with Gasteiger partial charge in [-0.25, -0.2) is 9.59 Å². The second kappa shape index (κ2) is 6.95. The Labute approximate surface area is 121 Å². The molecule has 20 heavy (non-hydrogen) atoms. The van der Waals surface area contributed by atoms with Crippen LogP contribution in [0.3, 0.4) is 0 Å². The molecule has 0 radical (unpaired) electrons. The molecule has 0 saturated carbocycles. The minimum atomic E-state index is -0.969. The highest BCUT2D eigenvalue weighted by Crippen LogP contribution is 2.34. The summed E-state index contributed by atoms with van der Waals surface area (Å²) >= 11 is 0. The Balaban J connectivity index is 2.56. The van der Waals surface area contributed by atoms with E-state index >= 15 is 0 Å². The Morgan fingerprint density at radius 1 is 1.30 bits per heavy atom. The molecule has 0 spiro atoms. The van der Waals surface area contributed by atoms with E-state index in [4.69, 9.17) is 5.11 Å². The number of carbonyl (C=O) groups excluding carboxylic acids is 1. The van der Waals surface area contributed by atoms with Gasteiger partial charge in [-0.1, -0.05) is 27.7 Å². The predicted molar refractivity (Wildman–Crippen MR) is 78.6 cm³/mol. The number of likely N-dealkylation sites (tertiary alicyclic amines) is 1. The molecule has 2 atom stereocenters. The van der Waals surface area contributed by atoms with Crippen LogP contribution in [0.4, 0.5) is 4.79 Å². The van der Waals surface area contributed by atoms with Gasteiger partial charge in [-0.15, -0.1) is 0 Å². The third-order valence-corrected chi connectivity index (χ3v) is 4.24. The van der Waals surface area contributed by atoms with Gasteiger partial charge < -0.3 is 15.3 Å². The summed E-state index contributed by atoms with van der Waals surface area (Å²) in [6.45, 7) is 9.91. The van der Waals surface area contributed by atoms with E-state index in [1.54, 1.807) is 11.8 Å². The van der Waals surface area contributed by atoms with Crippen molar-refractivity contribution in [2.24, 2.45) is 11.3 Å². The molecule has 2 N–H and O–H groups in total. The Hall–Kier alpha value is -1.26. The zero-order chi connectivity index (χ0) is 15.3. The number of carboxylic acid groups (broad SMARTS) is 1. The summed E-state index contributed by atoms with van der Waals surface area (Å²) in [5, 5.41) is 11.6. The number of hydrogen-bond acceptors (Lipinski definition) is 2. The first-order valence-corrected chi connectivity index (χ1v) is 7.54. The minimum absolute atomic E-state index is 0.242. The number of amides is 2. The van der Waals surface area contributed by atoms with Crippen LogP contribution in [0.2, 0.25) is 0 Å². The normalized spacial score (nSPS) is 22.0. The molecule has 0 aromatic carbocycles. The van der Waals surface area contributed by atoms with Gasteiger partial charge in [0, 0.05) is 13.1 Å². The fourth-order valence-corrected chi connectivity index (χ4v) is 2.74. The van der Waals surface area contributed by atoms with Crippen molar-refractivity contribution in [2.45, 2.75) is 59.4 Å². The predicted octanol–water partition coefficient (Wildman–Crippen LogP) is 2.71. The van der Waals surface area contributed by atoms with Crippen molar-refractivity contribution < 1.29 is 14.7 Å². The minimum Gasteiger partial charge on any atom is -0.480 e. The summed E-state index contributed by atoms with van der Waals surface area (Å²) in [5.74, 6) is -0.356. The first kappa shape index (κ1) is 16.8. The van der Waals surface area contributed by atoms with Gasteiger partial charge in [0.05, 0.1) is 0 Å². The maximum absolute atomic E-state index is 12.1. The summed E-state index contributed by atoms with van der Waals surface area (Å²) in [4.78, 5) is 24.9. The van der Waals surface area contributed by atoms with Crippen LogP contribution in [0.15, 0.2) is 0 Å². The molecule has 1 aliphatic rings. The van der Waals surface area contributed by atoms with E-state index in [1.165, 1.54) is 0 Å². The molecule has 1 rings (SSSR count). The van der Waals surface area contributed by atoms with E-state index < -0.39 is 12.0 Å². The van der Waals surface area contributed by atoms with Crippen LogP contribution < -0.4 is 5.32 Å². The highest BCUT2D eigenvalue weighted by molar-refractivity contribution is 5.82. The highest BCUT2D eigenvalue weighted by atomic mass is 16.4. The van der Waals surface area contributed by atoms with E-state index in [0.717, 1.165) is 19.3 Å². The number of carbonyl (C=O) groups is 2. The third kappa shape index (κ3) is 4.69. The fourth-order valence-electron chi connectivity index (χ4n) is 2.74. The van der Waals surface area contributed by atoms with Gasteiger partial charge in [0.1, 0.15) is 6.04 Å². The average Bonchev–Trinajstić information content (AvgIpc) is 2.60. The van der Waals surface area contributed by atoms with E-state index in [0.29, 0.717) is 25.4 Å². The molecule has 0 bridgehead atoms. The number of urea groups is 1. The van der Waals surface area contributed by atoms with Gasteiger partial charge in [-0.3, -0.25) is 0 Å². The lowest BCUT2D eigenvalue weighted by Crippen LogP contribution is -2.48. The molecule has 1 fully saturated rings. The maximum Gasteiger partial charge on any atom is 0.326 e. The summed E-state index contributed by atoms with van der Waals surface area (Å²) in [6, 6.07) is -1.03. The van der Waals surface area contributed by atoms with Gasteiger partial charge in [0.25, 0.3) is 0 Å². The standard InChI is InChI=1S/C15H28N2O3/c1-5-12(13(18)19)16-14(20)17-9-6-7-11(8-10-17)15(2,3)4/h11-12H,5-10H2,1-4H3,(H,16,20)(H,18,19)/t11?,12-/m1/s1. The molecule has 2 amide bonds. The quantitative estimate of drug-likeness (QED) is 0.837. The van der Waals surface area contributed by atoms with Crippen molar-refractivity contribution in [3.63, 3.8) is 0 Å². The van der Waals surface area contributed by atoms with Gasteiger partial charge in [-0.05, 0) is 37.0 Å². The molecular formula is C15H28N2O3. The van der Waals surface area contributed by atoms with Gasteiger partial charge in [-0.2, -0.15) is 0 Å². The van der Waals surface area contributed by atoms with E-state index in [9.17, 15) is 9.59 Å². The monoisotopic (exact) mass is 284 g/mol. The van der Waals surface area contributed by atoms with E-state index in [2.05, 4.69) is 26.1 Å². The molecule has 5 heteroatoms. The molecule has 1 saturated heterocycles. The first-order valence-electron chi connectivity index (χ1n) is 7.54. The fraction of sp³-hybridized carbons (Fsp3) is 0.867. The molecule has 1 aliphatic heterocycles. The number of aliphatic carboxylic acids is 1. The zero-order valence-electron chi connectivity index (χ0n) is 13.1. The summed E-state index contributed by atoms with van der Waals surface area (Å²) < 4.78 is 0. The van der Waals surface area contributed by atoms with Crippen molar-refractivity contribution in [1.29, 1.82) is 0 Å². The second-order valence-corrected chi connectivity index (χ2v) is 6.73. The van der Waals surface area contributed by atoms with Crippen molar-refractivity contribution in [1.82, 2.24) is 10.2 Å². The lowest BCUT2D eigenvalue weighted by Gasteiger charge is -2.30. The van der Waals surface area contributed by atoms with Crippen LogP contribution in [-0.2, 0) is 4.79 Å². The molecule has 1 unspecified atom stereocenters. The highest BCUT2D eigenvalue weighted by Gasteiger charge is 2.29. The van der Waals surface area contributed by atoms with Crippen molar-refractivity contribution in [2.75, 3.05) is 13.1 Å². The van der Waals surface area contributed by atoms with Crippen LogP contribution in [0.1, 0.15) is 53.4 Å². The van der Waals surface area contributed by atoms with E-state index in [-0.39, 0.29) is 11.4 Å². The zero-order valence-corrected chi connectivity index (χ0v) is 13.1. The van der Waals surface area contributed by atoms with Gasteiger partial charge >= 0.3 is 12.0 Å². The van der Waals surface area contributed by atoms with Crippen LogP contribution in [0, 0.1) is 11.3 Å². The Kier molecular flexibility index (Phi) is 5.84. The first-order chi connectivity index (χ1) is 9.25. The molecule has 0 aliphatic carbocycles. The molecular weight excluding hydrogens is 256 g/mol. The van der Waals surface area contributed by atoms with Crippen molar-refractivity contribution in [3.8, 4) is 0 Å². The van der Waals surface area contributed by atoms with Crippen molar-refractivity contribution >= 4 is 12.0 Å². The number of nitrogens with one attached hydrogen (secondary N) is 1. The molecule has 5 nitrogen and oxygen atoms in total. The lowest BCUT2D eigenvalue weighted by molar-refractivity contribution is -0.139. The van der Waals surface area contributed by atoms with Crippen LogP contribution in [0.25, 0.3) is 0 Å². The third-order valence-electron chi connectivity index (χ3n) is 4.24. The Morgan fingerprint density at radius 2 is 1.95 bits per heavy atom. The smallest absolute Gasteiger partial charge is 0.326 e. The van der Waals surface area contributed by atoms with Crippen LogP contribution in [-0.4, -0.2) is 41.1 Å². The largest absolute Gasteiger partial charge is 0.480 e. The van der Waals surface area contributed by atoms with Gasteiger partial charge in [0.2, 0.25) is 0 Å². The Morgan fingerprint density at radius 3 is 2.45 bits per heavy atom. The van der Waals surface area contributed by atoms with Gasteiger partial charge in [0.15, 0.2) is 0 Å². The van der Waals surface area contributed by atoms with Crippen molar-refractivity contribution in [3.05, 3.63) is 0 Å². The molecule has 0 aromatic rings. The number of hydrogen-bond donors (Lipinski definition) is 2. The average molecular weight is 284 g/mol. The number of nitrogens with zero attached hydrogens (tertiary/aromatic N) is 1. The van der Waals surface area contributed by atoms with E-state index in [1.807, 2.05) is 0 Å². The molecule has 1 heterocycles. The van der Waals surface area contributed by atoms with Crippen LogP contribution >= 0.6 is 0 Å². The van der Waals surface area contributed by atoms with Crippen LogP contribution in [0.5, 0.6) is 0 Å². The number of carboxylic acids is 1. The second-order valence-electron chi connectivity index (χ2n) is 6.73. The molecule has 116 valence electrons.